The summed E-state index contributed by atoms with van der Waals surface area (Å²) in [5.41, 5.74) is 1.32. The first-order chi connectivity index (χ1) is 15.0. The fourth-order valence-corrected chi connectivity index (χ4v) is 4.68. The van der Waals surface area contributed by atoms with Gasteiger partial charge in [0.1, 0.15) is 11.6 Å². The summed E-state index contributed by atoms with van der Waals surface area (Å²) < 4.78 is 41.8. The number of piperazine rings is 1. The predicted octanol–water partition coefficient (Wildman–Crippen LogP) is 2.77. The van der Waals surface area contributed by atoms with Crippen LogP contribution in [-0.2, 0) is 27.1 Å². The Morgan fingerprint density at radius 1 is 1.16 bits per heavy atom. The Morgan fingerprint density at radius 2 is 1.84 bits per heavy atom. The molecule has 10 heteroatoms. The van der Waals surface area contributed by atoms with Crippen molar-refractivity contribution in [1.29, 1.82) is 0 Å². The molecule has 2 aromatic rings. The highest BCUT2D eigenvalue weighted by Gasteiger charge is 2.32. The Balaban J connectivity index is 1.61. The van der Waals surface area contributed by atoms with Crippen LogP contribution in [0.3, 0.4) is 0 Å². The summed E-state index contributed by atoms with van der Waals surface area (Å²) in [5.74, 6) is -0.639. The molecule has 3 rings (SSSR count). The van der Waals surface area contributed by atoms with E-state index in [-0.39, 0.29) is 36.2 Å². The molecule has 0 spiro atoms. The molecule has 0 aliphatic carbocycles. The normalized spacial score (nSPS) is 19.7. The Hall–Kier alpha value is -2.20. The number of carbonyl (C=O) groups is 1. The molecule has 0 radical (unpaired) electrons. The Labute approximate surface area is 192 Å². The van der Waals surface area contributed by atoms with E-state index in [4.69, 9.17) is 21.5 Å². The fourth-order valence-electron chi connectivity index (χ4n) is 3.83. The van der Waals surface area contributed by atoms with Gasteiger partial charge in [-0.25, -0.2) is 17.9 Å². The molecule has 0 unspecified atom stereocenters. The third kappa shape index (κ3) is 6.65. The summed E-state index contributed by atoms with van der Waals surface area (Å²) in [6.45, 7) is 5.65. The summed E-state index contributed by atoms with van der Waals surface area (Å²) in [4.78, 5) is 16.9. The highest BCUT2D eigenvalue weighted by Crippen LogP contribution is 2.25. The second-order valence-corrected chi connectivity index (χ2v) is 10.2. The summed E-state index contributed by atoms with van der Waals surface area (Å²) >= 11 is 5.96. The zero-order valence-electron chi connectivity index (χ0n) is 18.0. The number of rotatable bonds is 7. The van der Waals surface area contributed by atoms with E-state index in [1.807, 2.05) is 13.8 Å². The van der Waals surface area contributed by atoms with Gasteiger partial charge >= 0.3 is 0 Å². The molecule has 1 fully saturated rings. The molecule has 1 amide bonds. The standard InChI is InChI=1S/C22H27ClFN3O4S/c1-15-11-27(16(2)10-26(15)12-17-3-6-20(24)7-4-17)22(28)13-31-21-8-5-19(23)9-18(21)14-32(25,29)30/h3-9,15-16H,10-14H2,1-2H3,(H2,25,29,30)/t15-,16+/m0/s1. The van der Waals surface area contributed by atoms with Gasteiger partial charge < -0.3 is 9.64 Å². The molecule has 2 aromatic carbocycles. The number of primary sulfonamides is 1. The topological polar surface area (TPSA) is 92.9 Å². The number of carbonyl (C=O) groups excluding carboxylic acids is 1. The van der Waals surface area contributed by atoms with Crippen molar-refractivity contribution in [2.24, 2.45) is 5.14 Å². The van der Waals surface area contributed by atoms with E-state index in [1.54, 1.807) is 23.1 Å². The summed E-state index contributed by atoms with van der Waals surface area (Å²) in [5, 5.41) is 5.49. The van der Waals surface area contributed by atoms with Crippen molar-refractivity contribution < 1.29 is 22.3 Å². The van der Waals surface area contributed by atoms with Crippen molar-refractivity contribution in [3.63, 3.8) is 0 Å². The van der Waals surface area contributed by atoms with Crippen LogP contribution in [0.1, 0.15) is 25.0 Å². The Kier molecular flexibility index (Phi) is 7.76. The molecule has 2 N–H and O–H groups in total. The van der Waals surface area contributed by atoms with E-state index >= 15 is 0 Å². The third-order valence-corrected chi connectivity index (χ3v) is 6.41. The Morgan fingerprint density at radius 3 is 2.50 bits per heavy atom. The summed E-state index contributed by atoms with van der Waals surface area (Å²) in [6, 6.07) is 11.0. The van der Waals surface area contributed by atoms with Gasteiger partial charge in [-0.2, -0.15) is 0 Å². The number of benzene rings is 2. The summed E-state index contributed by atoms with van der Waals surface area (Å²) in [6.07, 6.45) is 0. The smallest absolute Gasteiger partial charge is 0.260 e. The Bertz CT molecular complexity index is 1070. The van der Waals surface area contributed by atoms with Gasteiger partial charge in [-0.3, -0.25) is 9.69 Å². The molecule has 1 aliphatic rings. The first-order valence-electron chi connectivity index (χ1n) is 10.2. The fraction of sp³-hybridized carbons (Fsp3) is 0.409. The second kappa shape index (κ2) is 10.2. The van der Waals surface area contributed by atoms with Gasteiger partial charge in [0.2, 0.25) is 10.0 Å². The average Bonchev–Trinajstić information content (AvgIpc) is 2.70. The lowest BCUT2D eigenvalue weighted by atomic mass is 10.1. The number of nitrogens with zero attached hydrogens (tertiary/aromatic N) is 2. The van der Waals surface area contributed by atoms with Gasteiger partial charge in [-0.1, -0.05) is 23.7 Å². The molecule has 0 bridgehead atoms. The molecule has 1 saturated heterocycles. The molecule has 174 valence electrons. The van der Waals surface area contributed by atoms with Gasteiger partial charge in [-0.15, -0.1) is 0 Å². The number of hydrogen-bond donors (Lipinski definition) is 1. The second-order valence-electron chi connectivity index (χ2n) is 8.15. The quantitative estimate of drug-likeness (QED) is 0.653. The van der Waals surface area contributed by atoms with Crippen molar-refractivity contribution in [3.05, 3.63) is 64.4 Å². The van der Waals surface area contributed by atoms with Crippen LogP contribution in [0.4, 0.5) is 4.39 Å². The van der Waals surface area contributed by atoms with Crippen LogP contribution in [-0.4, -0.2) is 55.9 Å². The summed E-state index contributed by atoms with van der Waals surface area (Å²) in [7, 11) is -3.79. The van der Waals surface area contributed by atoms with Gasteiger partial charge in [0.15, 0.2) is 6.61 Å². The van der Waals surface area contributed by atoms with Crippen LogP contribution in [0.25, 0.3) is 0 Å². The molecule has 0 aromatic heterocycles. The van der Waals surface area contributed by atoms with Gasteiger partial charge in [0, 0.05) is 42.3 Å². The highest BCUT2D eigenvalue weighted by molar-refractivity contribution is 7.88. The lowest BCUT2D eigenvalue weighted by molar-refractivity contribution is -0.139. The van der Waals surface area contributed by atoms with Gasteiger partial charge in [-0.05, 0) is 49.7 Å². The molecule has 32 heavy (non-hydrogen) atoms. The van der Waals surface area contributed by atoms with Crippen LogP contribution in [0.15, 0.2) is 42.5 Å². The predicted molar refractivity (Wildman–Crippen MR) is 121 cm³/mol. The number of nitrogens with two attached hydrogens (primary N) is 1. The van der Waals surface area contributed by atoms with Crippen LogP contribution in [0.5, 0.6) is 5.75 Å². The molecule has 2 atom stereocenters. The molecular weight excluding hydrogens is 457 g/mol. The monoisotopic (exact) mass is 483 g/mol. The maximum Gasteiger partial charge on any atom is 0.260 e. The van der Waals surface area contributed by atoms with E-state index in [1.165, 1.54) is 24.3 Å². The zero-order chi connectivity index (χ0) is 23.5. The van der Waals surface area contributed by atoms with E-state index in [0.29, 0.717) is 30.2 Å². The van der Waals surface area contributed by atoms with Crippen molar-refractivity contribution in [3.8, 4) is 5.75 Å². The van der Waals surface area contributed by atoms with Crippen LogP contribution < -0.4 is 9.88 Å². The van der Waals surface area contributed by atoms with E-state index in [2.05, 4.69) is 4.90 Å². The number of sulfonamides is 1. The maximum atomic E-state index is 13.2. The third-order valence-electron chi connectivity index (χ3n) is 5.46. The first kappa shape index (κ1) is 24.4. The van der Waals surface area contributed by atoms with Gasteiger partial charge in [0.25, 0.3) is 5.91 Å². The largest absolute Gasteiger partial charge is 0.483 e. The van der Waals surface area contributed by atoms with Crippen molar-refractivity contribution in [2.75, 3.05) is 19.7 Å². The molecule has 1 aliphatic heterocycles. The number of halogens is 2. The zero-order valence-corrected chi connectivity index (χ0v) is 19.6. The van der Waals surface area contributed by atoms with Crippen molar-refractivity contribution >= 4 is 27.5 Å². The van der Waals surface area contributed by atoms with Crippen LogP contribution in [0, 0.1) is 5.82 Å². The van der Waals surface area contributed by atoms with Crippen LogP contribution >= 0.6 is 11.6 Å². The number of hydrogen-bond acceptors (Lipinski definition) is 5. The van der Waals surface area contributed by atoms with E-state index in [0.717, 1.165) is 5.56 Å². The minimum absolute atomic E-state index is 0.0446. The van der Waals surface area contributed by atoms with Crippen LogP contribution in [0.2, 0.25) is 5.02 Å². The van der Waals surface area contributed by atoms with Crippen molar-refractivity contribution in [1.82, 2.24) is 9.80 Å². The SMILES string of the molecule is C[C@@H]1CN(Cc2ccc(F)cc2)[C@@H](C)CN1C(=O)COc1ccc(Cl)cc1CS(N)(=O)=O. The highest BCUT2D eigenvalue weighted by atomic mass is 35.5. The van der Waals surface area contributed by atoms with Crippen molar-refractivity contribution in [2.45, 2.75) is 38.2 Å². The minimum atomic E-state index is -3.79. The molecular formula is C22H27ClFN3O4S. The van der Waals surface area contributed by atoms with Gasteiger partial charge in [0.05, 0.1) is 5.75 Å². The minimum Gasteiger partial charge on any atom is -0.483 e. The van der Waals surface area contributed by atoms with E-state index < -0.39 is 15.8 Å². The number of amides is 1. The average molecular weight is 484 g/mol. The molecule has 1 heterocycles. The maximum absolute atomic E-state index is 13.2. The lowest BCUT2D eigenvalue weighted by Crippen LogP contribution is -2.58. The van der Waals surface area contributed by atoms with E-state index in [9.17, 15) is 17.6 Å². The first-order valence-corrected chi connectivity index (χ1v) is 12.3. The number of ether oxygens (including phenoxy) is 1. The molecule has 0 saturated carbocycles. The molecule has 7 nitrogen and oxygen atoms in total. The lowest BCUT2D eigenvalue weighted by Gasteiger charge is -2.44.